The van der Waals surface area contributed by atoms with E-state index in [9.17, 15) is 5.11 Å². The molecule has 0 heterocycles. The first-order valence-electron chi connectivity index (χ1n) is 7.08. The van der Waals surface area contributed by atoms with Crippen molar-refractivity contribution in [3.8, 4) is 0 Å². The zero-order valence-corrected chi connectivity index (χ0v) is 12.7. The van der Waals surface area contributed by atoms with Crippen molar-refractivity contribution in [1.29, 1.82) is 0 Å². The highest BCUT2D eigenvalue weighted by atomic mass is 16.5. The lowest BCUT2D eigenvalue weighted by atomic mass is 9.97. The van der Waals surface area contributed by atoms with Crippen LogP contribution >= 0.6 is 0 Å². The number of aliphatic hydroxyl groups is 2. The van der Waals surface area contributed by atoms with Crippen LogP contribution in [0.25, 0.3) is 0 Å². The molecule has 0 radical (unpaired) electrons. The van der Waals surface area contributed by atoms with Crippen molar-refractivity contribution in [2.24, 2.45) is 0 Å². The van der Waals surface area contributed by atoms with Gasteiger partial charge in [0.1, 0.15) is 0 Å². The topological polar surface area (TPSA) is 49.7 Å². The Bertz CT molecular complexity index is 404. The average Bonchev–Trinajstić information content (AvgIpc) is 2.39. The molecule has 0 aliphatic carbocycles. The van der Waals surface area contributed by atoms with E-state index in [0.29, 0.717) is 13.0 Å². The number of hydrogen-bond acceptors (Lipinski definition) is 3. The van der Waals surface area contributed by atoms with Gasteiger partial charge in [-0.3, -0.25) is 0 Å². The number of hydrogen-bond donors (Lipinski definition) is 2. The smallest absolute Gasteiger partial charge is 0.0788 e. The van der Waals surface area contributed by atoms with Crippen molar-refractivity contribution in [3.05, 3.63) is 47.5 Å². The second kappa shape index (κ2) is 8.20. The van der Waals surface area contributed by atoms with Crippen LogP contribution in [-0.4, -0.2) is 28.5 Å². The van der Waals surface area contributed by atoms with Crippen molar-refractivity contribution in [2.75, 3.05) is 6.61 Å². The minimum Gasteiger partial charge on any atom is -0.392 e. The van der Waals surface area contributed by atoms with Crippen LogP contribution in [-0.2, 0) is 11.3 Å². The first-order chi connectivity index (χ1) is 9.42. The van der Waals surface area contributed by atoms with Gasteiger partial charge in [-0.1, -0.05) is 36.4 Å². The quantitative estimate of drug-likeness (QED) is 0.719. The molecule has 112 valence electrons. The third-order valence-corrected chi connectivity index (χ3v) is 3.23. The van der Waals surface area contributed by atoms with Crippen LogP contribution < -0.4 is 0 Å². The van der Waals surface area contributed by atoms with Crippen LogP contribution in [0.1, 0.15) is 39.2 Å². The normalized spacial score (nSPS) is 14.3. The monoisotopic (exact) mass is 278 g/mol. The predicted molar refractivity (Wildman–Crippen MR) is 81.4 cm³/mol. The van der Waals surface area contributed by atoms with Crippen LogP contribution in [0, 0.1) is 0 Å². The van der Waals surface area contributed by atoms with E-state index < -0.39 is 5.60 Å². The van der Waals surface area contributed by atoms with Crippen molar-refractivity contribution in [2.45, 2.75) is 51.9 Å². The third kappa shape index (κ3) is 6.85. The predicted octanol–water partition coefficient (Wildman–Crippen LogP) is 3.06. The van der Waals surface area contributed by atoms with Crippen LogP contribution in [0.3, 0.4) is 0 Å². The lowest BCUT2D eigenvalue weighted by Gasteiger charge is -2.23. The summed E-state index contributed by atoms with van der Waals surface area (Å²) >= 11 is 0. The number of benzene rings is 1. The van der Waals surface area contributed by atoms with Crippen molar-refractivity contribution in [1.82, 2.24) is 0 Å². The third-order valence-electron chi connectivity index (χ3n) is 3.23. The molecule has 0 bridgehead atoms. The Morgan fingerprint density at radius 2 is 1.95 bits per heavy atom. The molecule has 1 aromatic rings. The maximum Gasteiger partial charge on any atom is 0.0788 e. The van der Waals surface area contributed by atoms with Crippen molar-refractivity contribution < 1.29 is 14.9 Å². The molecule has 0 unspecified atom stereocenters. The molecular weight excluding hydrogens is 252 g/mol. The van der Waals surface area contributed by atoms with Crippen LogP contribution in [0.15, 0.2) is 42.0 Å². The van der Waals surface area contributed by atoms with Gasteiger partial charge in [0.15, 0.2) is 0 Å². The molecule has 1 aromatic carbocycles. The summed E-state index contributed by atoms with van der Waals surface area (Å²) in [7, 11) is 0. The second-order valence-corrected chi connectivity index (χ2v) is 5.77. The molecule has 0 saturated carbocycles. The first kappa shape index (κ1) is 16.9. The van der Waals surface area contributed by atoms with E-state index in [-0.39, 0.29) is 12.7 Å². The van der Waals surface area contributed by atoms with E-state index in [1.807, 2.05) is 37.3 Å². The summed E-state index contributed by atoms with van der Waals surface area (Å²) < 4.78 is 5.95. The molecule has 3 nitrogen and oxygen atoms in total. The summed E-state index contributed by atoms with van der Waals surface area (Å²) in [6.45, 7) is 6.10. The van der Waals surface area contributed by atoms with Gasteiger partial charge in [0.25, 0.3) is 0 Å². The molecule has 0 fully saturated rings. The van der Waals surface area contributed by atoms with Gasteiger partial charge < -0.3 is 14.9 Å². The second-order valence-electron chi connectivity index (χ2n) is 5.77. The highest BCUT2D eigenvalue weighted by Crippen LogP contribution is 2.20. The summed E-state index contributed by atoms with van der Waals surface area (Å²) in [6.07, 6.45) is 3.08. The molecule has 0 spiro atoms. The molecule has 20 heavy (non-hydrogen) atoms. The first-order valence-corrected chi connectivity index (χ1v) is 7.08. The molecule has 1 atom stereocenters. The minimum absolute atomic E-state index is 0.0134. The zero-order valence-electron chi connectivity index (χ0n) is 12.7. The van der Waals surface area contributed by atoms with Crippen molar-refractivity contribution >= 4 is 0 Å². The Balaban J connectivity index is 2.60. The largest absolute Gasteiger partial charge is 0.392 e. The summed E-state index contributed by atoms with van der Waals surface area (Å²) in [6, 6.07) is 10.0. The van der Waals surface area contributed by atoms with E-state index >= 15 is 0 Å². The maximum atomic E-state index is 9.84. The van der Waals surface area contributed by atoms with E-state index in [2.05, 4.69) is 0 Å². The van der Waals surface area contributed by atoms with Crippen molar-refractivity contribution in [3.63, 3.8) is 0 Å². The zero-order chi connectivity index (χ0) is 15.0. The number of rotatable bonds is 8. The summed E-state index contributed by atoms with van der Waals surface area (Å²) in [5.41, 5.74) is 1.43. The standard InChI is InChI=1S/C17H26O3/c1-14(10-12-18)16(9-11-17(2,3)19)20-13-15-7-5-4-6-8-15/h4-8,10,16,18-19H,9,11-13H2,1-3H3/b14-10-/t16-/m0/s1. The lowest BCUT2D eigenvalue weighted by molar-refractivity contribution is 0.0217. The fourth-order valence-electron chi connectivity index (χ4n) is 1.97. The van der Waals surface area contributed by atoms with E-state index in [1.54, 1.807) is 19.9 Å². The van der Waals surface area contributed by atoms with Crippen LogP contribution in [0.5, 0.6) is 0 Å². The molecule has 0 aromatic heterocycles. The van der Waals surface area contributed by atoms with E-state index in [1.165, 1.54) is 0 Å². The molecule has 0 aliphatic heterocycles. The highest BCUT2D eigenvalue weighted by Gasteiger charge is 2.18. The van der Waals surface area contributed by atoms with Gasteiger partial charge in [-0.25, -0.2) is 0 Å². The Morgan fingerprint density at radius 1 is 1.30 bits per heavy atom. The maximum absolute atomic E-state index is 9.84. The lowest BCUT2D eigenvalue weighted by Crippen LogP contribution is -2.23. The molecule has 0 aliphatic rings. The Labute approximate surface area is 121 Å². The summed E-state index contributed by atoms with van der Waals surface area (Å²) in [5.74, 6) is 0. The van der Waals surface area contributed by atoms with Crippen LogP contribution in [0.2, 0.25) is 0 Å². The molecule has 3 heteroatoms. The summed E-state index contributed by atoms with van der Waals surface area (Å²) in [5, 5.41) is 18.9. The Morgan fingerprint density at radius 3 is 2.50 bits per heavy atom. The van der Waals surface area contributed by atoms with Gasteiger partial charge in [-0.2, -0.15) is 0 Å². The molecule has 1 rings (SSSR count). The molecular formula is C17H26O3. The average molecular weight is 278 g/mol. The highest BCUT2D eigenvalue weighted by molar-refractivity contribution is 5.14. The van der Waals surface area contributed by atoms with Gasteiger partial charge in [0, 0.05) is 0 Å². The van der Waals surface area contributed by atoms with Crippen LogP contribution in [0.4, 0.5) is 0 Å². The Hall–Kier alpha value is -1.16. The fourth-order valence-corrected chi connectivity index (χ4v) is 1.97. The SMILES string of the molecule is C/C(=C/CO)[C@H](CCC(C)(C)O)OCc1ccccc1. The summed E-state index contributed by atoms with van der Waals surface area (Å²) in [4.78, 5) is 0. The van der Waals surface area contributed by atoms with Gasteiger partial charge in [-0.15, -0.1) is 0 Å². The van der Waals surface area contributed by atoms with E-state index in [4.69, 9.17) is 9.84 Å². The molecule has 0 saturated heterocycles. The molecule has 2 N–H and O–H groups in total. The van der Waals surface area contributed by atoms with Gasteiger partial charge in [0.2, 0.25) is 0 Å². The van der Waals surface area contributed by atoms with Gasteiger partial charge >= 0.3 is 0 Å². The van der Waals surface area contributed by atoms with Gasteiger partial charge in [0.05, 0.1) is 24.9 Å². The number of ether oxygens (including phenoxy) is 1. The minimum atomic E-state index is -0.701. The van der Waals surface area contributed by atoms with E-state index in [0.717, 1.165) is 17.6 Å². The Kier molecular flexibility index (Phi) is 6.93. The number of aliphatic hydroxyl groups excluding tert-OH is 1. The molecule has 0 amide bonds. The van der Waals surface area contributed by atoms with Gasteiger partial charge in [-0.05, 0) is 44.7 Å². The fraction of sp³-hybridized carbons (Fsp3) is 0.529.